The Balaban J connectivity index is 2.42. The average Bonchev–Trinajstić information content (AvgIpc) is 3.29. The molecule has 376 valence electrons. The molecule has 1 fully saturated rings. The van der Waals surface area contributed by atoms with E-state index < -0.39 is 74.2 Å². The number of aliphatic hydroxyl groups excluding tert-OH is 7. The Hall–Kier alpha value is -1.67. The zero-order valence-electron chi connectivity index (χ0n) is 40.8. The highest BCUT2D eigenvalue weighted by atomic mass is 16.7. The molecule has 0 saturated carbocycles. The van der Waals surface area contributed by atoms with Crippen LogP contribution in [0, 0.1) is 0 Å². The summed E-state index contributed by atoms with van der Waals surface area (Å²) in [6, 6.07) is -1.19. The standard InChI is InChI=1S/C53H99NO10/c1-3-5-7-9-11-13-15-17-19-21-22-23-25-26-28-30-32-34-36-38-40-45(56)48(58)44(43-63-53-51(61)50(60)49(59)47(42-55)64-53)54-52(62)46(57)41-39-37-35-33-31-29-27-24-20-18-16-14-12-10-8-6-4-2/h19,21,25-26,32,34,44-51,53,55-61H,3-18,20,22-24,27-31,33,35-43H2,1-2H3,(H,54,62)/b21-19+,26-25+,34-32+. The summed E-state index contributed by atoms with van der Waals surface area (Å²) in [6.45, 7) is 3.43. The number of ether oxygens (including phenoxy) is 2. The normalized spacial score (nSPS) is 21.3. The fourth-order valence-corrected chi connectivity index (χ4v) is 8.30. The van der Waals surface area contributed by atoms with Crippen molar-refractivity contribution in [3.63, 3.8) is 0 Å². The van der Waals surface area contributed by atoms with Gasteiger partial charge in [-0.1, -0.05) is 198 Å². The molecule has 9 unspecified atom stereocenters. The first-order valence-electron chi connectivity index (χ1n) is 26.4. The number of carbonyl (C=O) groups excluding carboxylic acids is 1. The number of allylic oxidation sites excluding steroid dienone is 6. The van der Waals surface area contributed by atoms with Crippen molar-refractivity contribution in [1.82, 2.24) is 5.32 Å². The summed E-state index contributed by atoms with van der Waals surface area (Å²) in [4.78, 5) is 13.1. The van der Waals surface area contributed by atoms with Crippen LogP contribution in [0.1, 0.15) is 226 Å². The first-order chi connectivity index (χ1) is 31.2. The van der Waals surface area contributed by atoms with Gasteiger partial charge in [-0.2, -0.15) is 0 Å². The van der Waals surface area contributed by atoms with E-state index >= 15 is 0 Å². The summed E-state index contributed by atoms with van der Waals surface area (Å²) in [5.74, 6) is -0.711. The van der Waals surface area contributed by atoms with E-state index in [9.17, 15) is 40.5 Å². The van der Waals surface area contributed by atoms with Gasteiger partial charge >= 0.3 is 0 Å². The second kappa shape index (κ2) is 42.7. The minimum atomic E-state index is -1.67. The Labute approximate surface area is 390 Å². The molecule has 0 aromatic carbocycles. The number of aliphatic hydroxyl groups is 7. The summed E-state index contributed by atoms with van der Waals surface area (Å²) < 4.78 is 11.1. The van der Waals surface area contributed by atoms with Gasteiger partial charge in [0.1, 0.15) is 36.6 Å². The van der Waals surface area contributed by atoms with Gasteiger partial charge in [0.05, 0.1) is 25.4 Å². The predicted molar refractivity (Wildman–Crippen MR) is 261 cm³/mol. The molecule has 64 heavy (non-hydrogen) atoms. The van der Waals surface area contributed by atoms with Crippen molar-refractivity contribution >= 4 is 5.91 Å². The Bertz CT molecular complexity index is 1130. The number of unbranched alkanes of at least 4 members (excludes halogenated alkanes) is 26. The third-order valence-electron chi connectivity index (χ3n) is 12.7. The number of amides is 1. The van der Waals surface area contributed by atoms with Crippen molar-refractivity contribution in [1.29, 1.82) is 0 Å². The van der Waals surface area contributed by atoms with Gasteiger partial charge in [-0.05, 0) is 64.2 Å². The van der Waals surface area contributed by atoms with E-state index in [-0.39, 0.29) is 12.8 Å². The lowest BCUT2D eigenvalue weighted by Gasteiger charge is -2.40. The largest absolute Gasteiger partial charge is 0.394 e. The van der Waals surface area contributed by atoms with Crippen LogP contribution in [0.3, 0.4) is 0 Å². The molecule has 8 N–H and O–H groups in total. The van der Waals surface area contributed by atoms with E-state index in [1.165, 1.54) is 135 Å². The second-order valence-corrected chi connectivity index (χ2v) is 18.6. The van der Waals surface area contributed by atoms with Crippen molar-refractivity contribution in [3.8, 4) is 0 Å². The first-order valence-corrected chi connectivity index (χ1v) is 26.4. The molecule has 0 aromatic heterocycles. The molecule has 0 spiro atoms. The van der Waals surface area contributed by atoms with Crippen LogP contribution in [0.4, 0.5) is 0 Å². The van der Waals surface area contributed by atoms with Crippen LogP contribution in [0.15, 0.2) is 36.5 Å². The van der Waals surface area contributed by atoms with E-state index in [1.807, 2.05) is 0 Å². The van der Waals surface area contributed by atoms with Crippen molar-refractivity contribution in [2.45, 2.75) is 281 Å². The Morgan fingerprint density at radius 3 is 1.39 bits per heavy atom. The summed E-state index contributed by atoms with van der Waals surface area (Å²) >= 11 is 0. The molecule has 0 aromatic rings. The Kier molecular flexibility index (Phi) is 40.2. The van der Waals surface area contributed by atoms with Crippen LogP contribution in [0.5, 0.6) is 0 Å². The van der Waals surface area contributed by atoms with Gasteiger partial charge in [-0.3, -0.25) is 4.79 Å². The van der Waals surface area contributed by atoms with Crippen molar-refractivity contribution < 1.29 is 50.0 Å². The predicted octanol–water partition coefficient (Wildman–Crippen LogP) is 9.95. The number of rotatable bonds is 44. The molecule has 0 aliphatic carbocycles. The lowest BCUT2D eigenvalue weighted by Crippen LogP contribution is -2.60. The highest BCUT2D eigenvalue weighted by Crippen LogP contribution is 2.23. The summed E-state index contributed by atoms with van der Waals surface area (Å²) in [5, 5.41) is 75.9. The molecular formula is C53H99NO10. The lowest BCUT2D eigenvalue weighted by atomic mass is 9.98. The molecule has 1 rings (SSSR count). The highest BCUT2D eigenvalue weighted by Gasteiger charge is 2.44. The van der Waals surface area contributed by atoms with Crippen LogP contribution < -0.4 is 5.32 Å². The molecule has 1 amide bonds. The number of hydrogen-bond acceptors (Lipinski definition) is 10. The van der Waals surface area contributed by atoms with Crippen LogP contribution in [0.25, 0.3) is 0 Å². The molecule has 11 heteroatoms. The highest BCUT2D eigenvalue weighted by molar-refractivity contribution is 5.80. The maximum atomic E-state index is 13.1. The van der Waals surface area contributed by atoms with E-state index in [0.717, 1.165) is 44.9 Å². The molecule has 1 heterocycles. The summed E-state index contributed by atoms with van der Waals surface area (Å²) in [5.41, 5.74) is 0. The number of carbonyl (C=O) groups is 1. The molecule has 0 radical (unpaired) electrons. The smallest absolute Gasteiger partial charge is 0.249 e. The van der Waals surface area contributed by atoms with Gasteiger partial charge in [0.2, 0.25) is 5.91 Å². The maximum absolute atomic E-state index is 13.1. The molecular weight excluding hydrogens is 811 g/mol. The van der Waals surface area contributed by atoms with Crippen LogP contribution in [-0.4, -0.2) is 110 Å². The summed E-state index contributed by atoms with van der Waals surface area (Å²) in [7, 11) is 0. The summed E-state index contributed by atoms with van der Waals surface area (Å²) in [6.07, 6.45) is 39.0. The molecule has 11 nitrogen and oxygen atoms in total. The zero-order valence-corrected chi connectivity index (χ0v) is 40.8. The number of nitrogens with one attached hydrogen (secondary N) is 1. The number of hydrogen-bond donors (Lipinski definition) is 8. The van der Waals surface area contributed by atoms with Gasteiger partial charge in [-0.15, -0.1) is 0 Å². The Morgan fingerprint density at radius 1 is 0.531 bits per heavy atom. The first kappa shape index (κ1) is 60.3. The van der Waals surface area contributed by atoms with E-state index in [1.54, 1.807) is 0 Å². The van der Waals surface area contributed by atoms with E-state index in [0.29, 0.717) is 19.3 Å². The fourth-order valence-electron chi connectivity index (χ4n) is 8.30. The second-order valence-electron chi connectivity index (χ2n) is 18.6. The maximum Gasteiger partial charge on any atom is 0.249 e. The Morgan fingerprint density at radius 2 is 0.938 bits per heavy atom. The molecule has 0 bridgehead atoms. The van der Waals surface area contributed by atoms with Crippen LogP contribution >= 0.6 is 0 Å². The fraction of sp³-hybridized carbons (Fsp3) is 0.868. The molecule has 9 atom stereocenters. The van der Waals surface area contributed by atoms with Gasteiger partial charge in [0.25, 0.3) is 0 Å². The average molecular weight is 910 g/mol. The quantitative estimate of drug-likeness (QED) is 0.0216. The molecule has 1 aliphatic heterocycles. The minimum absolute atomic E-state index is 0.242. The van der Waals surface area contributed by atoms with E-state index in [4.69, 9.17) is 9.47 Å². The van der Waals surface area contributed by atoms with Gasteiger partial charge in [-0.25, -0.2) is 0 Å². The molecule has 1 aliphatic rings. The topological polar surface area (TPSA) is 189 Å². The minimum Gasteiger partial charge on any atom is -0.394 e. The van der Waals surface area contributed by atoms with Gasteiger partial charge in [0.15, 0.2) is 6.29 Å². The van der Waals surface area contributed by atoms with Crippen LogP contribution in [-0.2, 0) is 14.3 Å². The third-order valence-corrected chi connectivity index (χ3v) is 12.7. The lowest BCUT2D eigenvalue weighted by molar-refractivity contribution is -0.303. The van der Waals surface area contributed by atoms with Crippen molar-refractivity contribution in [2.24, 2.45) is 0 Å². The van der Waals surface area contributed by atoms with Crippen molar-refractivity contribution in [2.75, 3.05) is 13.2 Å². The SMILES string of the molecule is CCCCCCCCC/C=C/CC/C=C/CC/C=C/CCCC(O)C(O)C(COC1OC(CO)C(O)C(O)C1O)NC(=O)C(O)CCCCCCCCCCCCCCCCCCC. The molecule has 1 saturated heterocycles. The van der Waals surface area contributed by atoms with Crippen LogP contribution in [0.2, 0.25) is 0 Å². The van der Waals surface area contributed by atoms with Crippen molar-refractivity contribution in [3.05, 3.63) is 36.5 Å². The zero-order chi connectivity index (χ0) is 46.9. The van der Waals surface area contributed by atoms with Gasteiger partial charge in [0, 0.05) is 0 Å². The van der Waals surface area contributed by atoms with Gasteiger partial charge < -0.3 is 50.5 Å². The third kappa shape index (κ3) is 31.3. The van der Waals surface area contributed by atoms with E-state index in [2.05, 4.69) is 55.6 Å². The monoisotopic (exact) mass is 910 g/mol.